The van der Waals surface area contributed by atoms with Crippen LogP contribution in [0.25, 0.3) is 0 Å². The van der Waals surface area contributed by atoms with Crippen molar-refractivity contribution < 1.29 is 4.79 Å². The third-order valence-corrected chi connectivity index (χ3v) is 2.92. The van der Waals surface area contributed by atoms with Crippen LogP contribution in [0.3, 0.4) is 0 Å². The zero-order valence-electron chi connectivity index (χ0n) is 9.80. The Hall–Kier alpha value is -1.98. The highest BCUT2D eigenvalue weighted by atomic mass is 16.2. The van der Waals surface area contributed by atoms with Crippen molar-refractivity contribution in [1.29, 1.82) is 0 Å². The van der Waals surface area contributed by atoms with Crippen molar-refractivity contribution in [3.05, 3.63) is 28.7 Å². The molecule has 1 aliphatic rings. The van der Waals surface area contributed by atoms with Crippen LogP contribution in [-0.4, -0.2) is 47.1 Å². The lowest BCUT2D eigenvalue weighted by Crippen LogP contribution is -2.34. The Labute approximate surface area is 99.2 Å². The number of hydrogen-bond acceptors (Lipinski definition) is 3. The van der Waals surface area contributed by atoms with Crippen molar-refractivity contribution in [2.45, 2.75) is 6.54 Å². The minimum Gasteiger partial charge on any atom is -0.398 e. The van der Waals surface area contributed by atoms with Crippen LogP contribution in [0, 0.1) is 0 Å². The molecule has 6 nitrogen and oxygen atoms in total. The van der Waals surface area contributed by atoms with Crippen LogP contribution in [0.2, 0.25) is 0 Å². The van der Waals surface area contributed by atoms with Gasteiger partial charge in [-0.3, -0.25) is 4.79 Å². The zero-order chi connectivity index (χ0) is 12.4. The molecule has 0 atom stereocenters. The van der Waals surface area contributed by atoms with Gasteiger partial charge in [-0.25, -0.2) is 4.79 Å². The van der Waals surface area contributed by atoms with Crippen LogP contribution in [0.5, 0.6) is 0 Å². The lowest BCUT2D eigenvalue weighted by Gasteiger charge is -2.16. The summed E-state index contributed by atoms with van der Waals surface area (Å²) in [5.41, 5.74) is 6.06. The van der Waals surface area contributed by atoms with Crippen LogP contribution in [0.4, 0.5) is 10.5 Å². The first-order valence-electron chi connectivity index (χ1n) is 5.54. The van der Waals surface area contributed by atoms with Gasteiger partial charge in [0.25, 0.3) is 5.56 Å². The summed E-state index contributed by atoms with van der Waals surface area (Å²) in [6.45, 7) is 2.47. The Morgan fingerprint density at radius 1 is 1.24 bits per heavy atom. The summed E-state index contributed by atoms with van der Waals surface area (Å²) < 4.78 is 1.53. The van der Waals surface area contributed by atoms with Crippen molar-refractivity contribution in [3.8, 4) is 0 Å². The SMILES string of the molecule is CN1CCN(CCn2cc(N)ccc2=O)C1=O. The summed E-state index contributed by atoms with van der Waals surface area (Å²) in [4.78, 5) is 26.5. The van der Waals surface area contributed by atoms with Gasteiger partial charge in [-0.05, 0) is 6.07 Å². The van der Waals surface area contributed by atoms with Crippen LogP contribution in [0.15, 0.2) is 23.1 Å². The molecule has 0 bridgehead atoms. The number of carbonyl (C=O) groups excluding carboxylic acids is 1. The molecule has 2 heterocycles. The molecule has 1 fully saturated rings. The molecule has 2 amide bonds. The van der Waals surface area contributed by atoms with Crippen LogP contribution < -0.4 is 11.3 Å². The molecule has 0 spiro atoms. The molecule has 1 aromatic rings. The van der Waals surface area contributed by atoms with Gasteiger partial charge >= 0.3 is 6.03 Å². The second-order valence-corrected chi connectivity index (χ2v) is 4.19. The number of urea groups is 1. The van der Waals surface area contributed by atoms with Crippen LogP contribution in [-0.2, 0) is 6.54 Å². The summed E-state index contributed by atoms with van der Waals surface area (Å²) in [7, 11) is 1.77. The topological polar surface area (TPSA) is 71.6 Å². The van der Waals surface area contributed by atoms with Gasteiger partial charge in [0, 0.05) is 51.2 Å². The Bertz CT molecular complexity index is 483. The fraction of sp³-hybridized carbons (Fsp3) is 0.455. The van der Waals surface area contributed by atoms with Crippen molar-refractivity contribution >= 4 is 11.7 Å². The zero-order valence-corrected chi connectivity index (χ0v) is 9.80. The van der Waals surface area contributed by atoms with Crippen LogP contribution in [0.1, 0.15) is 0 Å². The van der Waals surface area contributed by atoms with Gasteiger partial charge in [0.2, 0.25) is 0 Å². The number of nitrogens with two attached hydrogens (primary N) is 1. The van der Waals surface area contributed by atoms with Crippen molar-refractivity contribution in [1.82, 2.24) is 14.4 Å². The minimum absolute atomic E-state index is 0.0157. The maximum Gasteiger partial charge on any atom is 0.319 e. The molecule has 0 saturated carbocycles. The lowest BCUT2D eigenvalue weighted by atomic mass is 10.4. The summed E-state index contributed by atoms with van der Waals surface area (Å²) >= 11 is 0. The smallest absolute Gasteiger partial charge is 0.319 e. The van der Waals surface area contributed by atoms with Crippen molar-refractivity contribution in [2.24, 2.45) is 0 Å². The summed E-state index contributed by atoms with van der Waals surface area (Å²) in [6.07, 6.45) is 1.60. The molecule has 0 aromatic carbocycles. The highest BCUT2D eigenvalue weighted by Crippen LogP contribution is 2.05. The molecule has 2 N–H and O–H groups in total. The summed E-state index contributed by atoms with van der Waals surface area (Å²) in [5, 5.41) is 0. The largest absolute Gasteiger partial charge is 0.398 e. The van der Waals surface area contributed by atoms with Gasteiger partial charge in [0.05, 0.1) is 0 Å². The van der Waals surface area contributed by atoms with Gasteiger partial charge in [0.1, 0.15) is 0 Å². The number of nitrogen functional groups attached to an aromatic ring is 1. The fourth-order valence-electron chi connectivity index (χ4n) is 1.86. The van der Waals surface area contributed by atoms with Gasteiger partial charge in [0.15, 0.2) is 0 Å². The monoisotopic (exact) mass is 236 g/mol. The first-order chi connectivity index (χ1) is 8.08. The standard InChI is InChI=1S/C11H16N4O2/c1-13-4-5-14(11(13)17)6-7-15-8-9(12)2-3-10(15)16/h2-3,8H,4-7,12H2,1H3. The molecule has 0 aliphatic carbocycles. The Kier molecular flexibility index (Phi) is 3.03. The fourth-order valence-corrected chi connectivity index (χ4v) is 1.86. The highest BCUT2D eigenvalue weighted by molar-refractivity contribution is 5.76. The molecule has 92 valence electrons. The molecule has 0 unspecified atom stereocenters. The first-order valence-corrected chi connectivity index (χ1v) is 5.54. The Balaban J connectivity index is 2.01. The first kappa shape index (κ1) is 11.5. The molecule has 1 aliphatic heterocycles. The molecule has 0 radical (unpaired) electrons. The van der Waals surface area contributed by atoms with E-state index in [2.05, 4.69) is 0 Å². The van der Waals surface area contributed by atoms with Crippen molar-refractivity contribution in [3.63, 3.8) is 0 Å². The van der Waals surface area contributed by atoms with Gasteiger partial charge < -0.3 is 20.1 Å². The number of anilines is 1. The number of amides is 2. The maximum absolute atomic E-state index is 11.6. The van der Waals surface area contributed by atoms with E-state index in [4.69, 9.17) is 5.73 Å². The second kappa shape index (κ2) is 4.48. The van der Waals surface area contributed by atoms with E-state index in [0.717, 1.165) is 6.54 Å². The molecule has 6 heteroatoms. The van der Waals surface area contributed by atoms with E-state index in [-0.39, 0.29) is 11.6 Å². The molecule has 1 saturated heterocycles. The second-order valence-electron chi connectivity index (χ2n) is 4.19. The average Bonchev–Trinajstić information content (AvgIpc) is 2.62. The van der Waals surface area contributed by atoms with Crippen molar-refractivity contribution in [2.75, 3.05) is 32.4 Å². The third kappa shape index (κ3) is 2.41. The Morgan fingerprint density at radius 3 is 2.65 bits per heavy atom. The predicted molar refractivity (Wildman–Crippen MR) is 64.7 cm³/mol. The van der Waals surface area contributed by atoms with Gasteiger partial charge in [-0.1, -0.05) is 0 Å². The van der Waals surface area contributed by atoms with Gasteiger partial charge in [-0.2, -0.15) is 0 Å². The number of carbonyl (C=O) groups is 1. The predicted octanol–water partition coefficient (Wildman–Crippen LogP) is -0.202. The maximum atomic E-state index is 11.6. The highest BCUT2D eigenvalue weighted by Gasteiger charge is 2.24. The van der Waals surface area contributed by atoms with E-state index in [1.165, 1.54) is 10.6 Å². The normalized spacial score (nSPS) is 15.7. The Morgan fingerprint density at radius 2 is 2.00 bits per heavy atom. The molecular formula is C11H16N4O2. The minimum atomic E-state index is -0.0980. The number of rotatable bonds is 3. The lowest BCUT2D eigenvalue weighted by molar-refractivity contribution is 0.197. The van der Waals surface area contributed by atoms with E-state index in [0.29, 0.717) is 25.3 Å². The summed E-state index contributed by atoms with van der Waals surface area (Å²) in [6, 6.07) is 3.03. The third-order valence-electron chi connectivity index (χ3n) is 2.92. The average molecular weight is 236 g/mol. The quantitative estimate of drug-likeness (QED) is 0.790. The number of likely N-dealkylation sites (N-methyl/N-ethyl adjacent to an activating group) is 1. The number of aromatic nitrogens is 1. The van der Waals surface area contributed by atoms with E-state index in [9.17, 15) is 9.59 Å². The van der Waals surface area contributed by atoms with Gasteiger partial charge in [-0.15, -0.1) is 0 Å². The molecule has 2 rings (SSSR count). The number of nitrogens with zero attached hydrogens (tertiary/aromatic N) is 3. The van der Waals surface area contributed by atoms with Crippen LogP contribution >= 0.6 is 0 Å². The van der Waals surface area contributed by atoms with E-state index >= 15 is 0 Å². The van der Waals surface area contributed by atoms with E-state index in [1.807, 2.05) is 0 Å². The number of pyridine rings is 1. The molecular weight excluding hydrogens is 220 g/mol. The summed E-state index contributed by atoms with van der Waals surface area (Å²) in [5.74, 6) is 0. The number of hydrogen-bond donors (Lipinski definition) is 1. The van der Waals surface area contributed by atoms with E-state index in [1.54, 1.807) is 29.1 Å². The van der Waals surface area contributed by atoms with E-state index < -0.39 is 0 Å². The molecule has 17 heavy (non-hydrogen) atoms. The molecule has 1 aromatic heterocycles.